The number of morpholine rings is 1. The number of piperazine rings is 1. The van der Waals surface area contributed by atoms with Gasteiger partial charge in [0.1, 0.15) is 12.5 Å². The van der Waals surface area contributed by atoms with E-state index in [9.17, 15) is 9.18 Å². The predicted octanol–water partition coefficient (Wildman–Crippen LogP) is 4.21. The average Bonchev–Trinajstić information content (AvgIpc) is 2.95. The molecular weight excluding hydrogens is 540 g/mol. The Kier molecular flexibility index (Phi) is 8.79. The maximum Gasteiger partial charge on any atom is 0.250 e. The highest BCUT2D eigenvalue weighted by Gasteiger charge is 2.29. The molecule has 2 fully saturated rings. The average molecular weight is 582 g/mol. The Hall–Kier alpha value is -3.57. The number of nitrogens with one attached hydrogen (secondary N) is 1. The fourth-order valence-corrected chi connectivity index (χ4v) is 5.95. The van der Waals surface area contributed by atoms with E-state index < -0.39 is 6.67 Å². The number of anilines is 3. The van der Waals surface area contributed by atoms with E-state index in [1.54, 1.807) is 37.6 Å². The number of aromatic nitrogens is 3. The Morgan fingerprint density at radius 2 is 1.67 bits per heavy atom. The zero-order valence-electron chi connectivity index (χ0n) is 25.3. The fourth-order valence-electron chi connectivity index (χ4n) is 5.95. The van der Waals surface area contributed by atoms with Crippen LogP contribution in [-0.4, -0.2) is 77.0 Å². The minimum atomic E-state index is -0.745. The molecule has 1 aromatic carbocycles. The summed E-state index contributed by atoms with van der Waals surface area (Å²) in [6.45, 7) is 10.6. The van der Waals surface area contributed by atoms with Crippen LogP contribution < -0.4 is 20.7 Å². The van der Waals surface area contributed by atoms with E-state index in [1.165, 1.54) is 10.6 Å². The number of hydrogen-bond acceptors (Lipinski definition) is 8. The Morgan fingerprint density at radius 1 is 0.976 bits per heavy atom. The summed E-state index contributed by atoms with van der Waals surface area (Å²) >= 11 is 0. The highest BCUT2D eigenvalue weighted by molar-refractivity contribution is 5.78. The fraction of sp³-hybridized carbons (Fsp3) is 0.516. The summed E-state index contributed by atoms with van der Waals surface area (Å²) in [6.07, 6.45) is 3.38. The first-order chi connectivity index (χ1) is 20.0. The topological polar surface area (TPSA) is 78.8 Å². The molecule has 9 nitrogen and oxygen atoms in total. The molecule has 0 saturated carbocycles. The molecule has 0 bridgehead atoms. The molecule has 0 aliphatic carbocycles. The van der Waals surface area contributed by atoms with Crippen LogP contribution in [0, 0.1) is 5.82 Å². The maximum atomic E-state index is 16.0. The van der Waals surface area contributed by atoms with Crippen molar-refractivity contribution < 1.29 is 13.5 Å². The largest absolute Gasteiger partial charge is 0.379 e. The van der Waals surface area contributed by atoms with E-state index in [2.05, 4.69) is 45.9 Å². The van der Waals surface area contributed by atoms with Gasteiger partial charge in [0.2, 0.25) is 5.95 Å². The molecule has 2 aromatic heterocycles. The van der Waals surface area contributed by atoms with Gasteiger partial charge in [0, 0.05) is 75.9 Å². The lowest BCUT2D eigenvalue weighted by atomic mass is 10.0. The lowest BCUT2D eigenvalue weighted by molar-refractivity contribution is -0.00571. The highest BCUT2D eigenvalue weighted by atomic mass is 19.1. The predicted molar refractivity (Wildman–Crippen MR) is 162 cm³/mol. The molecule has 2 aliphatic heterocycles. The number of alkyl halides is 1. The molecule has 42 heavy (non-hydrogen) atoms. The highest BCUT2D eigenvalue weighted by Crippen LogP contribution is 2.36. The van der Waals surface area contributed by atoms with Crippen LogP contribution in [-0.2, 0) is 25.0 Å². The van der Waals surface area contributed by atoms with E-state index in [4.69, 9.17) is 9.72 Å². The third kappa shape index (κ3) is 6.27. The number of nitrogens with zero attached hydrogens (tertiary/aromatic N) is 6. The molecule has 0 radical (unpaired) electrons. The van der Waals surface area contributed by atoms with Gasteiger partial charge in [-0.3, -0.25) is 9.69 Å². The van der Waals surface area contributed by atoms with Crippen molar-refractivity contribution in [1.82, 2.24) is 19.4 Å². The van der Waals surface area contributed by atoms with Gasteiger partial charge in [-0.1, -0.05) is 0 Å². The van der Waals surface area contributed by atoms with Crippen molar-refractivity contribution >= 4 is 17.3 Å². The summed E-state index contributed by atoms with van der Waals surface area (Å²) in [5.41, 5.74) is 3.01. The monoisotopic (exact) mass is 581 g/mol. The molecule has 2 saturated heterocycles. The molecule has 2 aliphatic rings. The van der Waals surface area contributed by atoms with Crippen molar-refractivity contribution in [2.75, 3.05) is 48.3 Å². The van der Waals surface area contributed by atoms with Crippen LogP contribution in [0.1, 0.15) is 38.8 Å². The third-order valence-corrected chi connectivity index (χ3v) is 8.43. The van der Waals surface area contributed by atoms with E-state index >= 15 is 4.39 Å². The van der Waals surface area contributed by atoms with Crippen LogP contribution in [0.3, 0.4) is 0 Å². The summed E-state index contributed by atoms with van der Waals surface area (Å²) in [6, 6.07) is 6.94. The van der Waals surface area contributed by atoms with Crippen LogP contribution in [0.4, 0.5) is 26.1 Å². The molecule has 226 valence electrons. The third-order valence-electron chi connectivity index (χ3n) is 8.43. The van der Waals surface area contributed by atoms with E-state index in [0.717, 1.165) is 18.8 Å². The van der Waals surface area contributed by atoms with Gasteiger partial charge < -0.3 is 24.4 Å². The Bertz CT molecular complexity index is 1460. The normalized spacial score (nSPS) is 23.3. The minimum Gasteiger partial charge on any atom is -0.379 e. The quantitative estimate of drug-likeness (QED) is 0.445. The lowest BCUT2D eigenvalue weighted by Crippen LogP contribution is -2.55. The van der Waals surface area contributed by atoms with Gasteiger partial charge in [-0.15, -0.1) is 0 Å². The Morgan fingerprint density at radius 3 is 2.33 bits per heavy atom. The maximum absolute atomic E-state index is 16.0. The van der Waals surface area contributed by atoms with Crippen molar-refractivity contribution in [3.8, 4) is 11.3 Å². The van der Waals surface area contributed by atoms with E-state index in [1.807, 2.05) is 13.8 Å². The summed E-state index contributed by atoms with van der Waals surface area (Å²) in [5, 5.41) is 3.44. The van der Waals surface area contributed by atoms with Gasteiger partial charge in [-0.25, -0.2) is 18.7 Å². The summed E-state index contributed by atoms with van der Waals surface area (Å²) in [5.74, 6) is 0.154. The SMILES string of the molecule is CC1CN(c2cc(F)c(-c3ccnc(N4C[C@@H](C)O[C@@H](C)C4)n3)cc2NCc2cn(C)c(=O)cc2CF)C[C@H](C)N1C. The van der Waals surface area contributed by atoms with Crippen LogP contribution in [0.2, 0.25) is 0 Å². The van der Waals surface area contributed by atoms with Crippen molar-refractivity contribution in [3.05, 3.63) is 64.0 Å². The van der Waals surface area contributed by atoms with Crippen LogP contribution in [0.5, 0.6) is 0 Å². The second-order valence-corrected chi connectivity index (χ2v) is 11.8. The van der Waals surface area contributed by atoms with Crippen LogP contribution in [0.15, 0.2) is 41.5 Å². The van der Waals surface area contributed by atoms with Gasteiger partial charge in [0.25, 0.3) is 5.56 Å². The van der Waals surface area contributed by atoms with Crippen molar-refractivity contribution in [1.29, 1.82) is 0 Å². The number of benzene rings is 1. The Balaban J connectivity index is 1.53. The first-order valence-corrected chi connectivity index (χ1v) is 14.6. The number of aryl methyl sites for hydroxylation is 1. The number of likely N-dealkylation sites (N-methyl/N-ethyl adjacent to an activating group) is 1. The molecule has 3 aromatic rings. The smallest absolute Gasteiger partial charge is 0.250 e. The van der Waals surface area contributed by atoms with Crippen LogP contribution in [0.25, 0.3) is 11.3 Å². The zero-order chi connectivity index (χ0) is 30.1. The molecular formula is C31H41F2N7O2. The number of hydrogen-bond donors (Lipinski definition) is 1. The molecule has 0 spiro atoms. The van der Waals surface area contributed by atoms with E-state index in [-0.39, 0.29) is 42.2 Å². The van der Waals surface area contributed by atoms with E-state index in [0.29, 0.717) is 47.1 Å². The van der Waals surface area contributed by atoms with Gasteiger partial charge >= 0.3 is 0 Å². The molecule has 4 atom stereocenters. The number of pyridine rings is 1. The molecule has 4 heterocycles. The second-order valence-electron chi connectivity index (χ2n) is 11.8. The lowest BCUT2D eigenvalue weighted by Gasteiger charge is -2.44. The Labute approximate surface area is 246 Å². The number of halogens is 2. The molecule has 1 unspecified atom stereocenters. The van der Waals surface area contributed by atoms with Gasteiger partial charge in [-0.2, -0.15) is 0 Å². The first kappa shape index (κ1) is 29.9. The number of ether oxygens (including phenoxy) is 1. The van der Waals surface area contributed by atoms with Gasteiger partial charge in [0.15, 0.2) is 0 Å². The van der Waals surface area contributed by atoms with Gasteiger partial charge in [0.05, 0.1) is 29.3 Å². The van der Waals surface area contributed by atoms with Crippen molar-refractivity contribution in [2.24, 2.45) is 7.05 Å². The zero-order valence-corrected chi connectivity index (χ0v) is 25.3. The second kappa shape index (κ2) is 12.3. The van der Waals surface area contributed by atoms with Crippen molar-refractivity contribution in [3.63, 3.8) is 0 Å². The summed E-state index contributed by atoms with van der Waals surface area (Å²) in [4.78, 5) is 27.9. The number of rotatable bonds is 7. The summed E-state index contributed by atoms with van der Waals surface area (Å²) in [7, 11) is 3.75. The minimum absolute atomic E-state index is 0.0351. The van der Waals surface area contributed by atoms with Crippen LogP contribution >= 0.6 is 0 Å². The standard InChI is InChI=1S/C31H41F2N7O2/c1-19-14-39(15-20(2)38(19)6)29-11-26(33)25(10-28(29)35-13-24-18-37(5)30(41)9-23(24)12-32)27-7-8-34-31(36-27)40-16-21(3)42-22(4)17-40/h7-11,18-22,35H,12-17H2,1-6H3/t19-,20?,21-,22+/m0/s1. The summed E-state index contributed by atoms with van der Waals surface area (Å²) < 4.78 is 37.1. The molecule has 11 heteroatoms. The molecule has 5 rings (SSSR count). The molecule has 0 amide bonds. The van der Waals surface area contributed by atoms with Gasteiger partial charge in [-0.05, 0) is 64.1 Å². The van der Waals surface area contributed by atoms with Crippen molar-refractivity contribution in [2.45, 2.75) is 65.2 Å². The first-order valence-electron chi connectivity index (χ1n) is 14.6. The molecule has 1 N–H and O–H groups in total.